The Hall–Kier alpha value is -1.54. The molecule has 2 aromatic rings. The molecule has 0 fully saturated rings. The molecular formula is C12H10ClNO. The minimum Gasteiger partial charge on any atom is -0.487 e. The second-order valence-electron chi connectivity index (χ2n) is 3.11. The van der Waals surface area contributed by atoms with E-state index in [1.165, 1.54) is 0 Å². The molecule has 0 radical (unpaired) electrons. The van der Waals surface area contributed by atoms with E-state index in [9.17, 15) is 0 Å². The van der Waals surface area contributed by atoms with E-state index in [-0.39, 0.29) is 0 Å². The average Bonchev–Trinajstić information content (AvgIpc) is 2.28. The summed E-state index contributed by atoms with van der Waals surface area (Å²) in [6.07, 6.45) is 3.23. The first-order chi connectivity index (χ1) is 7.34. The first kappa shape index (κ1) is 9.99. The minimum atomic E-state index is 0.531. The standard InChI is InChI=1S/C12H10ClNO/c13-11-6-12(8-14-7-11)15-9-10-4-2-1-3-5-10/h1-8H,9H2. The topological polar surface area (TPSA) is 22.1 Å². The SMILES string of the molecule is Clc1cncc(OCc2ccccc2)c1. The Kier molecular flexibility index (Phi) is 3.20. The zero-order valence-electron chi connectivity index (χ0n) is 8.06. The van der Waals surface area contributed by atoms with Crippen LogP contribution in [-0.2, 0) is 6.61 Å². The summed E-state index contributed by atoms with van der Waals surface area (Å²) in [7, 11) is 0. The van der Waals surface area contributed by atoms with Gasteiger partial charge in [0, 0.05) is 12.3 Å². The molecule has 2 rings (SSSR count). The molecule has 0 aliphatic rings. The molecule has 0 spiro atoms. The monoisotopic (exact) mass is 219 g/mol. The van der Waals surface area contributed by atoms with Gasteiger partial charge in [-0.1, -0.05) is 41.9 Å². The number of benzene rings is 1. The fourth-order valence-corrected chi connectivity index (χ4v) is 1.38. The first-order valence-electron chi connectivity index (χ1n) is 4.62. The zero-order chi connectivity index (χ0) is 10.5. The number of hydrogen-bond acceptors (Lipinski definition) is 2. The maximum Gasteiger partial charge on any atom is 0.139 e. The summed E-state index contributed by atoms with van der Waals surface area (Å²) in [5, 5.41) is 0.584. The number of ether oxygens (including phenoxy) is 1. The lowest BCUT2D eigenvalue weighted by Gasteiger charge is -2.05. The van der Waals surface area contributed by atoms with Gasteiger partial charge in [-0.2, -0.15) is 0 Å². The number of aromatic nitrogens is 1. The van der Waals surface area contributed by atoms with Crippen molar-refractivity contribution < 1.29 is 4.74 Å². The van der Waals surface area contributed by atoms with Crippen LogP contribution in [0.15, 0.2) is 48.8 Å². The van der Waals surface area contributed by atoms with Crippen LogP contribution in [0.25, 0.3) is 0 Å². The van der Waals surface area contributed by atoms with Gasteiger partial charge in [0.1, 0.15) is 12.4 Å². The van der Waals surface area contributed by atoms with Gasteiger partial charge < -0.3 is 4.74 Å². The minimum absolute atomic E-state index is 0.531. The number of halogens is 1. The normalized spacial score (nSPS) is 9.93. The van der Waals surface area contributed by atoms with Crippen molar-refractivity contribution in [2.45, 2.75) is 6.61 Å². The van der Waals surface area contributed by atoms with Crippen LogP contribution in [0.5, 0.6) is 5.75 Å². The van der Waals surface area contributed by atoms with Crippen molar-refractivity contribution in [1.82, 2.24) is 4.98 Å². The average molecular weight is 220 g/mol. The van der Waals surface area contributed by atoms with E-state index in [4.69, 9.17) is 16.3 Å². The molecule has 0 atom stereocenters. The molecule has 0 saturated carbocycles. The van der Waals surface area contributed by atoms with E-state index in [2.05, 4.69) is 4.98 Å². The fourth-order valence-electron chi connectivity index (χ4n) is 1.21. The van der Waals surface area contributed by atoms with Crippen LogP contribution < -0.4 is 4.74 Å². The van der Waals surface area contributed by atoms with Crippen molar-refractivity contribution in [2.75, 3.05) is 0 Å². The fraction of sp³-hybridized carbons (Fsp3) is 0.0833. The lowest BCUT2D eigenvalue weighted by molar-refractivity contribution is 0.305. The lowest BCUT2D eigenvalue weighted by atomic mass is 10.2. The first-order valence-corrected chi connectivity index (χ1v) is 5.00. The molecule has 2 nitrogen and oxygen atoms in total. The van der Waals surface area contributed by atoms with Crippen LogP contribution in [-0.4, -0.2) is 4.98 Å². The number of hydrogen-bond donors (Lipinski definition) is 0. The second-order valence-corrected chi connectivity index (χ2v) is 3.55. The van der Waals surface area contributed by atoms with Gasteiger partial charge in [0.05, 0.1) is 11.2 Å². The zero-order valence-corrected chi connectivity index (χ0v) is 8.82. The van der Waals surface area contributed by atoms with Crippen LogP contribution >= 0.6 is 11.6 Å². The second kappa shape index (κ2) is 4.80. The smallest absolute Gasteiger partial charge is 0.139 e. The summed E-state index contributed by atoms with van der Waals surface area (Å²) in [6.45, 7) is 0.531. The summed E-state index contributed by atoms with van der Waals surface area (Å²) in [5.41, 5.74) is 1.12. The summed E-state index contributed by atoms with van der Waals surface area (Å²) < 4.78 is 5.53. The Labute approximate surface area is 93.5 Å². The van der Waals surface area contributed by atoms with Gasteiger partial charge in [0.25, 0.3) is 0 Å². The largest absolute Gasteiger partial charge is 0.487 e. The molecular weight excluding hydrogens is 210 g/mol. The summed E-state index contributed by atoms with van der Waals surface area (Å²) in [5.74, 6) is 0.686. The summed E-state index contributed by atoms with van der Waals surface area (Å²) in [6, 6.07) is 11.7. The third kappa shape index (κ3) is 2.96. The molecule has 0 unspecified atom stereocenters. The van der Waals surface area contributed by atoms with Crippen LogP contribution in [0.4, 0.5) is 0 Å². The van der Waals surface area contributed by atoms with Crippen molar-refractivity contribution in [3.8, 4) is 5.75 Å². The van der Waals surface area contributed by atoms with Crippen molar-refractivity contribution >= 4 is 11.6 Å². The van der Waals surface area contributed by atoms with Gasteiger partial charge in [-0.3, -0.25) is 4.98 Å². The molecule has 1 heterocycles. The maximum atomic E-state index is 5.78. The van der Waals surface area contributed by atoms with E-state index >= 15 is 0 Å². The third-order valence-corrected chi connectivity index (χ3v) is 2.13. The third-order valence-electron chi connectivity index (χ3n) is 1.93. The Morgan fingerprint density at radius 1 is 1.13 bits per heavy atom. The Bertz CT molecular complexity index is 431. The molecule has 1 aromatic heterocycles. The quantitative estimate of drug-likeness (QED) is 0.790. The summed E-state index contributed by atoms with van der Waals surface area (Å²) in [4.78, 5) is 3.94. The molecule has 0 N–H and O–H groups in total. The molecule has 0 aliphatic carbocycles. The Morgan fingerprint density at radius 2 is 1.93 bits per heavy atom. The van der Waals surface area contributed by atoms with Gasteiger partial charge in [-0.15, -0.1) is 0 Å². The predicted molar refractivity (Wildman–Crippen MR) is 60.0 cm³/mol. The van der Waals surface area contributed by atoms with Gasteiger partial charge >= 0.3 is 0 Å². The molecule has 76 valence electrons. The van der Waals surface area contributed by atoms with Crippen LogP contribution in [0.2, 0.25) is 5.02 Å². The lowest BCUT2D eigenvalue weighted by Crippen LogP contribution is -1.95. The number of pyridine rings is 1. The van der Waals surface area contributed by atoms with Crippen molar-refractivity contribution in [3.05, 3.63) is 59.4 Å². The van der Waals surface area contributed by atoms with E-state index in [0.717, 1.165) is 5.56 Å². The molecule has 3 heteroatoms. The highest BCUT2D eigenvalue weighted by Crippen LogP contribution is 2.16. The number of rotatable bonds is 3. The molecule has 15 heavy (non-hydrogen) atoms. The van der Waals surface area contributed by atoms with E-state index in [0.29, 0.717) is 17.4 Å². The van der Waals surface area contributed by atoms with Gasteiger partial charge in [-0.25, -0.2) is 0 Å². The van der Waals surface area contributed by atoms with E-state index in [1.807, 2.05) is 30.3 Å². The van der Waals surface area contributed by atoms with Crippen LogP contribution in [0.3, 0.4) is 0 Å². The summed E-state index contributed by atoms with van der Waals surface area (Å²) >= 11 is 5.78. The number of nitrogens with zero attached hydrogens (tertiary/aromatic N) is 1. The van der Waals surface area contributed by atoms with Crippen molar-refractivity contribution in [1.29, 1.82) is 0 Å². The van der Waals surface area contributed by atoms with E-state index in [1.54, 1.807) is 18.5 Å². The Balaban J connectivity index is 1.99. The molecule has 1 aromatic carbocycles. The molecule has 0 aliphatic heterocycles. The highest BCUT2D eigenvalue weighted by Gasteiger charge is 1.96. The van der Waals surface area contributed by atoms with Gasteiger partial charge in [-0.05, 0) is 5.56 Å². The van der Waals surface area contributed by atoms with Gasteiger partial charge in [0.2, 0.25) is 0 Å². The highest BCUT2D eigenvalue weighted by molar-refractivity contribution is 6.30. The van der Waals surface area contributed by atoms with Crippen LogP contribution in [0, 0.1) is 0 Å². The van der Waals surface area contributed by atoms with Gasteiger partial charge in [0.15, 0.2) is 0 Å². The molecule has 0 amide bonds. The Morgan fingerprint density at radius 3 is 2.67 bits per heavy atom. The molecule has 0 bridgehead atoms. The van der Waals surface area contributed by atoms with Crippen molar-refractivity contribution in [3.63, 3.8) is 0 Å². The van der Waals surface area contributed by atoms with E-state index < -0.39 is 0 Å². The molecule has 0 saturated heterocycles. The predicted octanol–water partition coefficient (Wildman–Crippen LogP) is 3.31. The van der Waals surface area contributed by atoms with Crippen LogP contribution in [0.1, 0.15) is 5.56 Å². The highest BCUT2D eigenvalue weighted by atomic mass is 35.5. The maximum absolute atomic E-state index is 5.78. The van der Waals surface area contributed by atoms with Crippen molar-refractivity contribution in [2.24, 2.45) is 0 Å².